The van der Waals surface area contributed by atoms with E-state index in [-0.39, 0.29) is 13.0 Å². The zero-order valence-electron chi connectivity index (χ0n) is 12.5. The van der Waals surface area contributed by atoms with E-state index in [0.29, 0.717) is 4.90 Å². The van der Waals surface area contributed by atoms with Crippen LogP contribution in [0.15, 0.2) is 0 Å². The van der Waals surface area contributed by atoms with Gasteiger partial charge in [0.1, 0.15) is 6.04 Å². The van der Waals surface area contributed by atoms with Gasteiger partial charge in [0.25, 0.3) is 0 Å². The highest BCUT2D eigenvalue weighted by Crippen LogP contribution is 2.07. The maximum Gasteiger partial charge on any atom is 0.320 e. The summed E-state index contributed by atoms with van der Waals surface area (Å²) in [6.07, 6.45) is -0.351. The summed E-state index contributed by atoms with van der Waals surface area (Å²) in [6.45, 7) is -3.29. The molecule has 12 heteroatoms. The molecule has 0 saturated heterocycles. The fourth-order valence-corrected chi connectivity index (χ4v) is 1.99. The number of carboxylic acid groups (broad SMARTS) is 5. The first kappa shape index (κ1) is 21.3. The number of carboxylic acids is 5. The molecule has 0 radical (unpaired) electrons. The molecular formula is C12H18N2O10. The molecule has 0 amide bonds. The predicted molar refractivity (Wildman–Crippen MR) is 74.6 cm³/mol. The van der Waals surface area contributed by atoms with Crippen molar-refractivity contribution in [2.45, 2.75) is 12.5 Å². The van der Waals surface area contributed by atoms with E-state index in [2.05, 4.69) is 0 Å². The fourth-order valence-electron chi connectivity index (χ4n) is 1.99. The topological polar surface area (TPSA) is 193 Å². The van der Waals surface area contributed by atoms with Crippen molar-refractivity contribution in [3.05, 3.63) is 0 Å². The number of nitrogens with zero attached hydrogens (tertiary/aromatic N) is 2. The van der Waals surface area contributed by atoms with Crippen molar-refractivity contribution in [1.82, 2.24) is 9.80 Å². The van der Waals surface area contributed by atoms with Gasteiger partial charge in [-0.2, -0.15) is 0 Å². The van der Waals surface area contributed by atoms with Crippen LogP contribution in [0.1, 0.15) is 6.42 Å². The van der Waals surface area contributed by atoms with Gasteiger partial charge in [0.2, 0.25) is 0 Å². The first-order valence-electron chi connectivity index (χ1n) is 6.59. The van der Waals surface area contributed by atoms with Gasteiger partial charge >= 0.3 is 29.8 Å². The average Bonchev–Trinajstić information content (AvgIpc) is 2.34. The van der Waals surface area contributed by atoms with Crippen molar-refractivity contribution in [2.24, 2.45) is 0 Å². The first-order valence-corrected chi connectivity index (χ1v) is 6.59. The van der Waals surface area contributed by atoms with Crippen molar-refractivity contribution in [3.8, 4) is 0 Å². The van der Waals surface area contributed by atoms with Crippen LogP contribution < -0.4 is 0 Å². The number of aliphatic carboxylic acids is 5. The molecule has 1 atom stereocenters. The Kier molecular flexibility index (Phi) is 8.97. The molecule has 0 aliphatic rings. The Morgan fingerprint density at radius 1 is 0.667 bits per heavy atom. The Morgan fingerprint density at radius 3 is 1.33 bits per heavy atom. The van der Waals surface area contributed by atoms with Gasteiger partial charge in [0, 0.05) is 6.54 Å². The third-order valence-electron chi connectivity index (χ3n) is 2.84. The van der Waals surface area contributed by atoms with Crippen LogP contribution in [0.3, 0.4) is 0 Å². The lowest BCUT2D eigenvalue weighted by Crippen LogP contribution is -2.48. The summed E-state index contributed by atoms with van der Waals surface area (Å²) in [4.78, 5) is 55.8. The second kappa shape index (κ2) is 10.1. The van der Waals surface area contributed by atoms with Crippen LogP contribution in [0.2, 0.25) is 0 Å². The molecule has 12 nitrogen and oxygen atoms in total. The summed E-state index contributed by atoms with van der Waals surface area (Å²) in [5.41, 5.74) is 0. The highest BCUT2D eigenvalue weighted by Gasteiger charge is 2.29. The maximum atomic E-state index is 11.3. The zero-order chi connectivity index (χ0) is 18.9. The Hall–Kier alpha value is -2.73. The Labute approximate surface area is 135 Å². The van der Waals surface area contributed by atoms with Gasteiger partial charge in [-0.05, 0) is 6.42 Å². The van der Waals surface area contributed by atoms with Crippen molar-refractivity contribution in [1.29, 1.82) is 0 Å². The standard InChI is InChI=1S/C12H18N2O10/c15-8(16)3-13(4-9(17)18)2-1-7(12(23)24)14(5-10(19)20)6-11(21)22/h7H,1-6H2,(H,15,16)(H,17,18)(H,19,20)(H,21,22)(H,23,24). The molecule has 0 aromatic rings. The SMILES string of the molecule is O=C(O)CN(CCC(C(=O)O)N(CC(=O)O)CC(=O)O)CC(=O)O. The van der Waals surface area contributed by atoms with Crippen molar-refractivity contribution in [3.63, 3.8) is 0 Å². The van der Waals surface area contributed by atoms with Gasteiger partial charge in [-0.15, -0.1) is 0 Å². The molecule has 0 spiro atoms. The van der Waals surface area contributed by atoms with Gasteiger partial charge < -0.3 is 25.5 Å². The molecule has 5 N–H and O–H groups in total. The van der Waals surface area contributed by atoms with Crippen molar-refractivity contribution >= 4 is 29.8 Å². The minimum atomic E-state index is -1.53. The van der Waals surface area contributed by atoms with E-state index < -0.39 is 62.1 Å². The fraction of sp³-hybridized carbons (Fsp3) is 0.583. The van der Waals surface area contributed by atoms with Crippen molar-refractivity contribution in [2.75, 3.05) is 32.7 Å². The van der Waals surface area contributed by atoms with Crippen molar-refractivity contribution < 1.29 is 49.5 Å². The highest BCUT2D eigenvalue weighted by atomic mass is 16.4. The van der Waals surface area contributed by atoms with Crippen LogP contribution in [0.25, 0.3) is 0 Å². The lowest BCUT2D eigenvalue weighted by molar-refractivity contribution is -0.149. The monoisotopic (exact) mass is 350 g/mol. The second-order valence-electron chi connectivity index (χ2n) is 4.83. The normalized spacial score (nSPS) is 12.1. The Balaban J connectivity index is 5.08. The molecule has 0 aliphatic carbocycles. The highest BCUT2D eigenvalue weighted by molar-refractivity contribution is 5.78. The van der Waals surface area contributed by atoms with E-state index in [1.807, 2.05) is 0 Å². The van der Waals surface area contributed by atoms with Crippen LogP contribution in [-0.4, -0.2) is 104 Å². The smallest absolute Gasteiger partial charge is 0.320 e. The van der Waals surface area contributed by atoms with Gasteiger partial charge in [-0.25, -0.2) is 0 Å². The van der Waals surface area contributed by atoms with Gasteiger partial charge in [-0.1, -0.05) is 0 Å². The van der Waals surface area contributed by atoms with Crippen LogP contribution in [-0.2, 0) is 24.0 Å². The molecule has 0 aromatic heterocycles. The third kappa shape index (κ3) is 9.32. The minimum Gasteiger partial charge on any atom is -0.480 e. The van der Waals surface area contributed by atoms with E-state index in [0.717, 1.165) is 4.90 Å². The molecule has 0 aromatic carbocycles. The molecule has 0 fully saturated rings. The van der Waals surface area contributed by atoms with Gasteiger partial charge in [0.05, 0.1) is 26.2 Å². The molecular weight excluding hydrogens is 332 g/mol. The van der Waals surface area contributed by atoms with Gasteiger partial charge in [0.15, 0.2) is 0 Å². The summed E-state index contributed by atoms with van der Waals surface area (Å²) < 4.78 is 0. The molecule has 0 bridgehead atoms. The molecule has 136 valence electrons. The van der Waals surface area contributed by atoms with E-state index >= 15 is 0 Å². The summed E-state index contributed by atoms with van der Waals surface area (Å²) >= 11 is 0. The first-order chi connectivity index (χ1) is 11.0. The van der Waals surface area contributed by atoms with E-state index in [9.17, 15) is 24.0 Å². The Bertz CT molecular complexity index is 474. The van der Waals surface area contributed by atoms with Gasteiger partial charge in [-0.3, -0.25) is 33.8 Å². The predicted octanol–water partition coefficient (Wildman–Crippen LogP) is -2.23. The number of rotatable bonds is 13. The number of carbonyl (C=O) groups is 5. The Morgan fingerprint density at radius 2 is 1.04 bits per heavy atom. The van der Waals surface area contributed by atoms with Crippen LogP contribution >= 0.6 is 0 Å². The third-order valence-corrected chi connectivity index (χ3v) is 2.84. The van der Waals surface area contributed by atoms with E-state index in [1.54, 1.807) is 0 Å². The van der Waals surface area contributed by atoms with E-state index in [1.165, 1.54) is 0 Å². The lowest BCUT2D eigenvalue weighted by atomic mass is 10.1. The molecule has 0 aliphatic heterocycles. The summed E-state index contributed by atoms with van der Waals surface area (Å²) in [7, 11) is 0. The molecule has 0 rings (SSSR count). The summed E-state index contributed by atoms with van der Waals surface area (Å²) in [5, 5.41) is 44.1. The summed E-state index contributed by atoms with van der Waals surface area (Å²) in [5.74, 6) is -7.01. The molecule has 1 unspecified atom stereocenters. The zero-order valence-corrected chi connectivity index (χ0v) is 12.5. The minimum absolute atomic E-state index is 0.286. The largest absolute Gasteiger partial charge is 0.480 e. The van der Waals surface area contributed by atoms with E-state index in [4.69, 9.17) is 25.5 Å². The number of hydrogen-bond donors (Lipinski definition) is 5. The average molecular weight is 350 g/mol. The molecule has 24 heavy (non-hydrogen) atoms. The van der Waals surface area contributed by atoms with Crippen LogP contribution in [0, 0.1) is 0 Å². The second-order valence-corrected chi connectivity index (χ2v) is 4.83. The lowest BCUT2D eigenvalue weighted by Gasteiger charge is -2.27. The van der Waals surface area contributed by atoms with Crippen LogP contribution in [0.5, 0.6) is 0 Å². The molecule has 0 heterocycles. The molecule has 0 saturated carbocycles. The maximum absolute atomic E-state index is 11.3. The van der Waals surface area contributed by atoms with Crippen LogP contribution in [0.4, 0.5) is 0 Å². The quantitative estimate of drug-likeness (QED) is 0.240. The summed E-state index contributed by atoms with van der Waals surface area (Å²) in [6, 6.07) is -1.53. The number of hydrogen-bond acceptors (Lipinski definition) is 7.